The molecule has 0 bridgehead atoms. The number of nitrogens with zero attached hydrogens (tertiary/aromatic N) is 2. The van der Waals surface area contributed by atoms with Crippen LogP contribution in [0.25, 0.3) is 0 Å². The van der Waals surface area contributed by atoms with Gasteiger partial charge >= 0.3 is 0 Å². The summed E-state index contributed by atoms with van der Waals surface area (Å²) in [4.78, 5) is 2.09. The second-order valence-corrected chi connectivity index (χ2v) is 5.29. The molecule has 0 aromatic heterocycles. The molecular formula is C16H25N3O. The zero-order valence-corrected chi connectivity index (χ0v) is 12.5. The molecule has 1 aromatic carbocycles. The lowest BCUT2D eigenvalue weighted by molar-refractivity contribution is 0.283. The minimum Gasteiger partial charge on any atom is -0.396 e. The molecule has 0 aliphatic rings. The number of nitrogens with one attached hydrogen (secondary N) is 1. The third-order valence-electron chi connectivity index (χ3n) is 3.10. The van der Waals surface area contributed by atoms with E-state index in [9.17, 15) is 5.26 Å². The molecule has 1 aromatic rings. The van der Waals surface area contributed by atoms with Crippen LogP contribution in [-0.2, 0) is 6.54 Å². The van der Waals surface area contributed by atoms with Gasteiger partial charge in [0.15, 0.2) is 0 Å². The van der Waals surface area contributed by atoms with Crippen LogP contribution < -0.4 is 5.32 Å². The standard InChI is InChI=1S/C16H25N3O/c1-19(2)13-14-7-8-16(15(11-14)12-17)18-9-5-3-4-6-10-20/h7-8,11,18,20H,3-6,9-10,13H2,1-2H3. The van der Waals surface area contributed by atoms with Crippen molar-refractivity contribution in [3.05, 3.63) is 29.3 Å². The Balaban J connectivity index is 2.47. The largest absolute Gasteiger partial charge is 0.396 e. The highest BCUT2D eigenvalue weighted by Crippen LogP contribution is 2.17. The first-order chi connectivity index (χ1) is 9.67. The fourth-order valence-corrected chi connectivity index (χ4v) is 2.11. The van der Waals surface area contributed by atoms with Gasteiger partial charge in [0.25, 0.3) is 0 Å². The average molecular weight is 275 g/mol. The van der Waals surface area contributed by atoms with E-state index >= 15 is 0 Å². The predicted molar refractivity (Wildman–Crippen MR) is 82.6 cm³/mol. The molecule has 4 heteroatoms. The summed E-state index contributed by atoms with van der Waals surface area (Å²) < 4.78 is 0. The first-order valence-electron chi connectivity index (χ1n) is 7.20. The van der Waals surface area contributed by atoms with Crippen LogP contribution in [0.1, 0.15) is 36.8 Å². The molecular weight excluding hydrogens is 250 g/mol. The minimum atomic E-state index is 0.277. The molecule has 0 aliphatic heterocycles. The number of anilines is 1. The molecule has 0 amide bonds. The third-order valence-corrected chi connectivity index (χ3v) is 3.10. The van der Waals surface area contributed by atoms with E-state index in [0.29, 0.717) is 5.56 Å². The van der Waals surface area contributed by atoms with E-state index in [2.05, 4.69) is 22.4 Å². The van der Waals surface area contributed by atoms with Gasteiger partial charge in [-0.2, -0.15) is 5.26 Å². The molecule has 0 unspecified atom stereocenters. The van der Waals surface area contributed by atoms with Crippen molar-refractivity contribution in [2.24, 2.45) is 0 Å². The number of rotatable bonds is 9. The lowest BCUT2D eigenvalue weighted by Crippen LogP contribution is -2.11. The smallest absolute Gasteiger partial charge is 0.101 e. The van der Waals surface area contributed by atoms with Crippen molar-refractivity contribution < 1.29 is 5.11 Å². The van der Waals surface area contributed by atoms with Gasteiger partial charge < -0.3 is 15.3 Å². The highest BCUT2D eigenvalue weighted by atomic mass is 16.2. The predicted octanol–water partition coefficient (Wildman–Crippen LogP) is 2.58. The fraction of sp³-hybridized carbons (Fsp3) is 0.562. The normalized spacial score (nSPS) is 10.6. The molecule has 0 atom stereocenters. The summed E-state index contributed by atoms with van der Waals surface area (Å²) in [7, 11) is 4.04. The molecule has 4 nitrogen and oxygen atoms in total. The Hall–Kier alpha value is -1.57. The highest BCUT2D eigenvalue weighted by molar-refractivity contribution is 5.58. The number of hydrogen-bond acceptors (Lipinski definition) is 4. The molecule has 0 saturated heterocycles. The maximum absolute atomic E-state index is 9.22. The molecule has 20 heavy (non-hydrogen) atoms. The van der Waals surface area contributed by atoms with Gasteiger partial charge in [-0.1, -0.05) is 18.9 Å². The van der Waals surface area contributed by atoms with E-state index in [1.54, 1.807) is 0 Å². The second-order valence-electron chi connectivity index (χ2n) is 5.29. The lowest BCUT2D eigenvalue weighted by atomic mass is 10.1. The fourth-order valence-electron chi connectivity index (χ4n) is 2.11. The number of aliphatic hydroxyl groups excluding tert-OH is 1. The van der Waals surface area contributed by atoms with Gasteiger partial charge in [-0.15, -0.1) is 0 Å². The van der Waals surface area contributed by atoms with E-state index in [1.165, 1.54) is 0 Å². The van der Waals surface area contributed by atoms with E-state index < -0.39 is 0 Å². The Morgan fingerprint density at radius 2 is 1.95 bits per heavy atom. The summed E-state index contributed by atoms with van der Waals surface area (Å²) in [6.07, 6.45) is 4.10. The van der Waals surface area contributed by atoms with Crippen LogP contribution in [0.15, 0.2) is 18.2 Å². The maximum Gasteiger partial charge on any atom is 0.101 e. The van der Waals surface area contributed by atoms with Crippen molar-refractivity contribution in [2.75, 3.05) is 32.6 Å². The van der Waals surface area contributed by atoms with Crippen molar-refractivity contribution in [3.63, 3.8) is 0 Å². The SMILES string of the molecule is CN(C)Cc1ccc(NCCCCCCO)c(C#N)c1. The first-order valence-corrected chi connectivity index (χ1v) is 7.20. The van der Waals surface area contributed by atoms with E-state index in [0.717, 1.165) is 50.0 Å². The first kappa shape index (κ1) is 16.5. The molecule has 0 fully saturated rings. The quantitative estimate of drug-likeness (QED) is 0.680. The van der Waals surface area contributed by atoms with Crippen LogP contribution in [0.4, 0.5) is 5.69 Å². The van der Waals surface area contributed by atoms with E-state index in [-0.39, 0.29) is 6.61 Å². The van der Waals surface area contributed by atoms with Gasteiger partial charge in [0, 0.05) is 19.7 Å². The summed E-state index contributed by atoms with van der Waals surface area (Å²) in [5, 5.41) is 21.2. The van der Waals surface area contributed by atoms with Crippen molar-refractivity contribution >= 4 is 5.69 Å². The summed E-state index contributed by atoms with van der Waals surface area (Å²) >= 11 is 0. The van der Waals surface area contributed by atoms with Gasteiger partial charge in [-0.25, -0.2) is 0 Å². The van der Waals surface area contributed by atoms with Gasteiger partial charge in [0.05, 0.1) is 11.3 Å². The van der Waals surface area contributed by atoms with Gasteiger partial charge in [0.2, 0.25) is 0 Å². The Labute approximate surface area is 122 Å². The van der Waals surface area contributed by atoms with Gasteiger partial charge in [-0.05, 0) is 44.6 Å². The van der Waals surface area contributed by atoms with E-state index in [1.807, 2.05) is 26.2 Å². The van der Waals surface area contributed by atoms with Crippen LogP contribution in [-0.4, -0.2) is 37.3 Å². The Bertz CT molecular complexity index is 438. The zero-order chi connectivity index (χ0) is 14.8. The zero-order valence-electron chi connectivity index (χ0n) is 12.5. The molecule has 0 spiro atoms. The second kappa shape index (κ2) is 9.35. The summed E-state index contributed by atoms with van der Waals surface area (Å²) in [6.45, 7) is 1.99. The summed E-state index contributed by atoms with van der Waals surface area (Å²) in [5.74, 6) is 0. The highest BCUT2D eigenvalue weighted by Gasteiger charge is 2.04. The molecule has 2 N–H and O–H groups in total. The lowest BCUT2D eigenvalue weighted by Gasteiger charge is -2.12. The van der Waals surface area contributed by atoms with Crippen LogP contribution in [0.5, 0.6) is 0 Å². The molecule has 0 aliphatic carbocycles. The van der Waals surface area contributed by atoms with Crippen LogP contribution in [0, 0.1) is 11.3 Å². The summed E-state index contributed by atoms with van der Waals surface area (Å²) in [5.41, 5.74) is 2.77. The van der Waals surface area contributed by atoms with Crippen molar-refractivity contribution in [1.29, 1.82) is 5.26 Å². The van der Waals surface area contributed by atoms with Crippen molar-refractivity contribution in [2.45, 2.75) is 32.2 Å². The van der Waals surface area contributed by atoms with Crippen LogP contribution >= 0.6 is 0 Å². The maximum atomic E-state index is 9.22. The molecule has 0 saturated carbocycles. The topological polar surface area (TPSA) is 59.3 Å². The summed E-state index contributed by atoms with van der Waals surface area (Å²) in [6, 6.07) is 8.26. The third kappa shape index (κ3) is 6.05. The number of hydrogen-bond donors (Lipinski definition) is 2. The number of aliphatic hydroxyl groups is 1. The van der Waals surface area contributed by atoms with Gasteiger partial charge in [-0.3, -0.25) is 0 Å². The van der Waals surface area contributed by atoms with Crippen molar-refractivity contribution in [3.8, 4) is 6.07 Å². The molecule has 1 rings (SSSR count). The minimum absolute atomic E-state index is 0.277. The average Bonchev–Trinajstić information content (AvgIpc) is 2.43. The van der Waals surface area contributed by atoms with Crippen molar-refractivity contribution in [1.82, 2.24) is 4.90 Å². The van der Waals surface area contributed by atoms with Crippen LogP contribution in [0.2, 0.25) is 0 Å². The number of nitriles is 1. The van der Waals surface area contributed by atoms with E-state index in [4.69, 9.17) is 5.11 Å². The number of benzene rings is 1. The molecule has 0 heterocycles. The van der Waals surface area contributed by atoms with Gasteiger partial charge in [0.1, 0.15) is 6.07 Å². The molecule has 0 radical (unpaired) electrons. The van der Waals surface area contributed by atoms with Crippen LogP contribution in [0.3, 0.4) is 0 Å². The Kier molecular flexibility index (Phi) is 7.71. The molecule has 110 valence electrons. The monoisotopic (exact) mass is 275 g/mol. The Morgan fingerprint density at radius 1 is 1.20 bits per heavy atom. The number of unbranched alkanes of at least 4 members (excludes halogenated alkanes) is 3. The Morgan fingerprint density at radius 3 is 2.60 bits per heavy atom.